The third-order valence-electron chi connectivity index (χ3n) is 3.94. The molecule has 0 aliphatic heterocycles. The van der Waals surface area contributed by atoms with Gasteiger partial charge in [0.2, 0.25) is 0 Å². The number of aryl methyl sites for hydroxylation is 1. The fourth-order valence-electron chi connectivity index (χ4n) is 2.83. The Labute approximate surface area is 152 Å². The van der Waals surface area contributed by atoms with E-state index >= 15 is 0 Å². The number of hydrogen-bond acceptors (Lipinski definition) is 7. The van der Waals surface area contributed by atoms with Gasteiger partial charge in [-0.15, -0.1) is 16.4 Å². The van der Waals surface area contributed by atoms with Gasteiger partial charge < -0.3 is 20.2 Å². The molecular formula is C16H18N4O5S. The fourth-order valence-corrected chi connectivity index (χ4v) is 4.10. The quantitative estimate of drug-likeness (QED) is 0.467. The van der Waals surface area contributed by atoms with Gasteiger partial charge in [-0.3, -0.25) is 4.79 Å². The molecule has 0 spiro atoms. The Kier molecular flexibility index (Phi) is 5.03. The van der Waals surface area contributed by atoms with Crippen LogP contribution in [0.25, 0.3) is 0 Å². The van der Waals surface area contributed by atoms with E-state index in [0.29, 0.717) is 10.6 Å². The number of carbonyl (C=O) groups is 2. The summed E-state index contributed by atoms with van der Waals surface area (Å²) in [7, 11) is 0. The van der Waals surface area contributed by atoms with Crippen LogP contribution in [0.5, 0.6) is 0 Å². The molecule has 0 fully saturated rings. The first-order chi connectivity index (χ1) is 12.4. The molecule has 0 unspecified atom stereocenters. The first-order valence-corrected chi connectivity index (χ1v) is 9.05. The number of thiophene rings is 1. The van der Waals surface area contributed by atoms with Crippen LogP contribution in [0, 0.1) is 10.1 Å². The van der Waals surface area contributed by atoms with E-state index < -0.39 is 16.8 Å². The summed E-state index contributed by atoms with van der Waals surface area (Å²) in [5.74, 6) is -1.46. The number of aromatic amines is 1. The lowest BCUT2D eigenvalue weighted by Crippen LogP contribution is -2.18. The second kappa shape index (κ2) is 7.24. The van der Waals surface area contributed by atoms with Gasteiger partial charge in [-0.2, -0.15) is 0 Å². The Bertz CT molecular complexity index is 870. The van der Waals surface area contributed by atoms with Crippen LogP contribution in [0.2, 0.25) is 0 Å². The second-order valence-electron chi connectivity index (χ2n) is 6.22. The van der Waals surface area contributed by atoms with E-state index in [0.717, 1.165) is 42.2 Å². The number of nitrogens with one attached hydrogen (secondary N) is 2. The van der Waals surface area contributed by atoms with Crippen LogP contribution in [0.4, 0.5) is 10.8 Å². The van der Waals surface area contributed by atoms with Crippen molar-refractivity contribution in [2.24, 2.45) is 0 Å². The maximum Gasteiger partial charge on any atom is 0.343 e. The highest BCUT2D eigenvalue weighted by molar-refractivity contribution is 7.17. The number of carbonyl (C=O) groups excluding carboxylic acids is 2. The first-order valence-electron chi connectivity index (χ1n) is 8.23. The maximum atomic E-state index is 12.5. The van der Waals surface area contributed by atoms with Crippen molar-refractivity contribution in [3.05, 3.63) is 37.9 Å². The largest absolute Gasteiger partial charge is 0.459 e. The van der Waals surface area contributed by atoms with Crippen molar-refractivity contribution >= 4 is 34.0 Å². The molecule has 26 heavy (non-hydrogen) atoms. The molecule has 9 nitrogen and oxygen atoms in total. The van der Waals surface area contributed by atoms with Gasteiger partial charge in [-0.1, -0.05) is 5.10 Å². The Hall–Kier alpha value is -2.75. The highest BCUT2D eigenvalue weighted by Crippen LogP contribution is 2.39. The van der Waals surface area contributed by atoms with Crippen LogP contribution < -0.4 is 5.32 Å². The Balaban J connectivity index is 1.90. The Morgan fingerprint density at radius 2 is 2.12 bits per heavy atom. The number of rotatable bonds is 5. The molecule has 0 saturated carbocycles. The van der Waals surface area contributed by atoms with Crippen LogP contribution in [-0.4, -0.2) is 33.1 Å². The summed E-state index contributed by atoms with van der Waals surface area (Å²) in [4.78, 5) is 36.1. The lowest BCUT2D eigenvalue weighted by Gasteiger charge is -2.14. The van der Waals surface area contributed by atoms with Crippen LogP contribution >= 0.6 is 11.3 Å². The number of aromatic nitrogens is 2. The zero-order valence-corrected chi connectivity index (χ0v) is 15.1. The smallest absolute Gasteiger partial charge is 0.343 e. The van der Waals surface area contributed by atoms with E-state index in [2.05, 4.69) is 15.5 Å². The SMILES string of the molecule is CC(C)OC(=O)c1c(NC(=O)c2cc([N+](=O)[O-])[nH]n2)sc2c1CCCC2. The summed E-state index contributed by atoms with van der Waals surface area (Å²) < 4.78 is 5.33. The molecule has 0 saturated heterocycles. The molecule has 138 valence electrons. The average Bonchev–Trinajstić information content (AvgIpc) is 3.18. The van der Waals surface area contributed by atoms with Crippen molar-refractivity contribution in [1.82, 2.24) is 10.2 Å². The van der Waals surface area contributed by atoms with Gasteiger partial charge >= 0.3 is 11.8 Å². The molecule has 0 atom stereocenters. The number of fused-ring (bicyclic) bond motifs is 1. The predicted molar refractivity (Wildman–Crippen MR) is 94.7 cm³/mol. The lowest BCUT2D eigenvalue weighted by molar-refractivity contribution is -0.389. The molecule has 0 bridgehead atoms. The number of H-pyrrole nitrogens is 1. The second-order valence-corrected chi connectivity index (χ2v) is 7.32. The zero-order valence-electron chi connectivity index (χ0n) is 14.3. The summed E-state index contributed by atoms with van der Waals surface area (Å²) in [6.07, 6.45) is 3.35. The molecule has 0 radical (unpaired) electrons. The normalized spacial score (nSPS) is 13.3. The van der Waals surface area contributed by atoms with E-state index in [1.807, 2.05) is 0 Å². The average molecular weight is 378 g/mol. The number of amides is 1. The third-order valence-corrected chi connectivity index (χ3v) is 5.15. The molecule has 2 aromatic rings. The summed E-state index contributed by atoms with van der Waals surface area (Å²) in [6, 6.07) is 1.05. The zero-order chi connectivity index (χ0) is 18.8. The van der Waals surface area contributed by atoms with Crippen molar-refractivity contribution in [2.45, 2.75) is 45.6 Å². The van der Waals surface area contributed by atoms with Crippen LogP contribution in [0.3, 0.4) is 0 Å². The minimum Gasteiger partial charge on any atom is -0.459 e. The van der Waals surface area contributed by atoms with Gasteiger partial charge in [0, 0.05) is 4.88 Å². The molecule has 2 aromatic heterocycles. The number of ether oxygens (including phenoxy) is 1. The number of anilines is 1. The van der Waals surface area contributed by atoms with Crippen molar-refractivity contribution in [3.63, 3.8) is 0 Å². The van der Waals surface area contributed by atoms with Crippen molar-refractivity contribution in [2.75, 3.05) is 5.32 Å². The lowest BCUT2D eigenvalue weighted by atomic mass is 9.95. The number of esters is 1. The molecule has 1 aliphatic carbocycles. The molecule has 1 aliphatic rings. The van der Waals surface area contributed by atoms with Crippen LogP contribution in [0.1, 0.15) is 58.0 Å². The van der Waals surface area contributed by atoms with Gasteiger partial charge in [-0.25, -0.2) is 4.79 Å². The van der Waals surface area contributed by atoms with Crippen molar-refractivity contribution in [3.8, 4) is 0 Å². The molecule has 3 rings (SSSR count). The van der Waals surface area contributed by atoms with Crippen molar-refractivity contribution < 1.29 is 19.2 Å². The number of nitrogens with zero attached hydrogens (tertiary/aromatic N) is 2. The number of hydrogen-bond donors (Lipinski definition) is 2. The van der Waals surface area contributed by atoms with Gasteiger partial charge in [0.15, 0.2) is 5.69 Å². The molecule has 10 heteroatoms. The van der Waals surface area contributed by atoms with E-state index in [1.165, 1.54) is 11.3 Å². The molecular weight excluding hydrogens is 360 g/mol. The van der Waals surface area contributed by atoms with E-state index in [9.17, 15) is 19.7 Å². The minimum atomic E-state index is -0.668. The predicted octanol–water partition coefficient (Wildman–Crippen LogP) is 3.08. The Morgan fingerprint density at radius 3 is 2.77 bits per heavy atom. The standard InChI is InChI=1S/C16H18N4O5S/c1-8(2)25-16(22)13-9-5-3-4-6-11(9)26-15(13)17-14(21)10-7-12(19-18-10)20(23)24/h7-8H,3-6H2,1-2H3,(H,17,21)(H,18,19). The summed E-state index contributed by atoms with van der Waals surface area (Å²) in [6.45, 7) is 3.52. The van der Waals surface area contributed by atoms with Crippen LogP contribution in [-0.2, 0) is 17.6 Å². The molecule has 2 N–H and O–H groups in total. The molecule has 2 heterocycles. The van der Waals surface area contributed by atoms with Crippen molar-refractivity contribution in [1.29, 1.82) is 0 Å². The maximum absolute atomic E-state index is 12.5. The first kappa shape index (κ1) is 18.1. The van der Waals surface area contributed by atoms with Gasteiger partial charge in [0.05, 0.1) is 17.7 Å². The fraction of sp³-hybridized carbons (Fsp3) is 0.438. The van der Waals surface area contributed by atoms with E-state index in [1.54, 1.807) is 13.8 Å². The highest BCUT2D eigenvalue weighted by Gasteiger charge is 2.28. The molecule has 1 amide bonds. The van der Waals surface area contributed by atoms with Crippen LogP contribution in [0.15, 0.2) is 6.07 Å². The third kappa shape index (κ3) is 3.59. The monoisotopic (exact) mass is 378 g/mol. The summed E-state index contributed by atoms with van der Waals surface area (Å²) in [5, 5.41) is 19.6. The number of nitro groups is 1. The van der Waals surface area contributed by atoms with Gasteiger partial charge in [0.1, 0.15) is 5.00 Å². The van der Waals surface area contributed by atoms with Gasteiger partial charge in [0.25, 0.3) is 5.91 Å². The van der Waals surface area contributed by atoms with E-state index in [-0.39, 0.29) is 17.6 Å². The minimum absolute atomic E-state index is 0.119. The molecule has 0 aromatic carbocycles. The highest BCUT2D eigenvalue weighted by atomic mass is 32.1. The van der Waals surface area contributed by atoms with Gasteiger partial charge in [-0.05, 0) is 50.0 Å². The topological polar surface area (TPSA) is 127 Å². The summed E-state index contributed by atoms with van der Waals surface area (Å²) in [5.41, 5.74) is 1.19. The Morgan fingerprint density at radius 1 is 1.38 bits per heavy atom. The van der Waals surface area contributed by atoms with E-state index in [4.69, 9.17) is 4.74 Å². The summed E-state index contributed by atoms with van der Waals surface area (Å²) >= 11 is 1.35.